The van der Waals surface area contributed by atoms with Crippen LogP contribution in [0.5, 0.6) is 0 Å². The van der Waals surface area contributed by atoms with Gasteiger partial charge in [0.15, 0.2) is 0 Å². The van der Waals surface area contributed by atoms with Crippen molar-refractivity contribution in [3.8, 4) is 0 Å². The lowest BCUT2D eigenvalue weighted by Gasteiger charge is -2.14. The molecule has 0 saturated heterocycles. The van der Waals surface area contributed by atoms with Gasteiger partial charge in [-0.15, -0.1) is 0 Å². The van der Waals surface area contributed by atoms with Crippen molar-refractivity contribution in [1.29, 1.82) is 0 Å². The molecular formula is C19H19ClO2. The van der Waals surface area contributed by atoms with Gasteiger partial charge in [-0.3, -0.25) is 4.79 Å². The maximum absolute atomic E-state index is 11.9. The van der Waals surface area contributed by atoms with Gasteiger partial charge in [0.25, 0.3) is 0 Å². The quantitative estimate of drug-likeness (QED) is 0.719. The Hall–Kier alpha value is -1.80. The van der Waals surface area contributed by atoms with Gasteiger partial charge in [-0.2, -0.15) is 0 Å². The second-order valence-corrected chi connectivity index (χ2v) is 6.14. The minimum atomic E-state index is -0.196. The van der Waals surface area contributed by atoms with Crippen molar-refractivity contribution < 1.29 is 9.53 Å². The standard InChI is InChI=1S/C19H19ClO2/c1-2-6-19(21)22-18-12-16(13-7-4-3-5-8-13)15-10-9-14(20)11-17(15)18/h3-5,7-11,16,18H,2,6,12H2,1H3/t16-,18-/m1/s1. The Balaban J connectivity index is 1.92. The van der Waals surface area contributed by atoms with Crippen LogP contribution in [0.3, 0.4) is 0 Å². The highest BCUT2D eigenvalue weighted by Gasteiger charge is 2.34. The predicted molar refractivity (Wildman–Crippen MR) is 88.1 cm³/mol. The Kier molecular flexibility index (Phi) is 4.49. The van der Waals surface area contributed by atoms with E-state index in [2.05, 4.69) is 18.2 Å². The first kappa shape index (κ1) is 15.1. The van der Waals surface area contributed by atoms with E-state index in [1.807, 2.05) is 37.3 Å². The fourth-order valence-corrected chi connectivity index (χ4v) is 3.32. The van der Waals surface area contributed by atoms with E-state index >= 15 is 0 Å². The van der Waals surface area contributed by atoms with E-state index in [4.69, 9.17) is 16.3 Å². The zero-order valence-corrected chi connectivity index (χ0v) is 13.3. The molecule has 0 fully saturated rings. The maximum Gasteiger partial charge on any atom is 0.306 e. The van der Waals surface area contributed by atoms with Crippen LogP contribution in [-0.4, -0.2) is 5.97 Å². The number of hydrogen-bond acceptors (Lipinski definition) is 2. The Morgan fingerprint density at radius 3 is 2.68 bits per heavy atom. The molecule has 0 radical (unpaired) electrons. The van der Waals surface area contributed by atoms with Gasteiger partial charge >= 0.3 is 5.97 Å². The normalized spacial score (nSPS) is 19.7. The second kappa shape index (κ2) is 6.53. The van der Waals surface area contributed by atoms with Crippen LogP contribution in [0, 0.1) is 0 Å². The number of rotatable bonds is 4. The molecule has 0 N–H and O–H groups in total. The molecule has 3 rings (SSSR count). The lowest BCUT2D eigenvalue weighted by molar-refractivity contribution is -0.149. The van der Waals surface area contributed by atoms with Crippen molar-refractivity contribution in [1.82, 2.24) is 0 Å². The summed E-state index contributed by atoms with van der Waals surface area (Å²) in [4.78, 5) is 11.9. The summed E-state index contributed by atoms with van der Waals surface area (Å²) in [6.07, 6.45) is 1.85. The average Bonchev–Trinajstić information content (AvgIpc) is 2.86. The number of hydrogen-bond donors (Lipinski definition) is 0. The monoisotopic (exact) mass is 314 g/mol. The van der Waals surface area contributed by atoms with E-state index in [0.29, 0.717) is 11.4 Å². The van der Waals surface area contributed by atoms with Gasteiger partial charge in [0.2, 0.25) is 0 Å². The zero-order chi connectivity index (χ0) is 15.5. The van der Waals surface area contributed by atoms with Crippen LogP contribution in [0.25, 0.3) is 0 Å². The number of halogens is 1. The van der Waals surface area contributed by atoms with Gasteiger partial charge in [-0.1, -0.05) is 54.9 Å². The zero-order valence-electron chi connectivity index (χ0n) is 12.6. The molecule has 0 amide bonds. The molecule has 114 valence electrons. The van der Waals surface area contributed by atoms with Gasteiger partial charge in [0.1, 0.15) is 6.10 Å². The highest BCUT2D eigenvalue weighted by atomic mass is 35.5. The van der Waals surface area contributed by atoms with Crippen molar-refractivity contribution in [3.05, 3.63) is 70.2 Å². The van der Waals surface area contributed by atoms with E-state index in [1.54, 1.807) is 0 Å². The fourth-order valence-electron chi connectivity index (χ4n) is 3.14. The summed E-state index contributed by atoms with van der Waals surface area (Å²) in [5, 5.41) is 0.684. The maximum atomic E-state index is 11.9. The third kappa shape index (κ3) is 3.02. The van der Waals surface area contributed by atoms with E-state index in [1.165, 1.54) is 11.1 Å². The van der Waals surface area contributed by atoms with Gasteiger partial charge < -0.3 is 4.74 Å². The molecule has 0 saturated carbocycles. The minimum absolute atomic E-state index is 0.132. The van der Waals surface area contributed by atoms with Crippen LogP contribution < -0.4 is 0 Å². The molecule has 3 heteroatoms. The predicted octanol–water partition coefficient (Wildman–Crippen LogP) is 5.26. The summed E-state index contributed by atoms with van der Waals surface area (Å²) in [7, 11) is 0. The summed E-state index contributed by atoms with van der Waals surface area (Å²) in [6, 6.07) is 16.3. The fraction of sp³-hybridized carbons (Fsp3) is 0.316. The van der Waals surface area contributed by atoms with Gasteiger partial charge in [0.05, 0.1) is 0 Å². The lowest BCUT2D eigenvalue weighted by atomic mass is 9.93. The van der Waals surface area contributed by atoms with Crippen LogP contribution in [0.15, 0.2) is 48.5 Å². The molecule has 2 aromatic rings. The molecule has 1 aliphatic rings. The number of fused-ring (bicyclic) bond motifs is 1. The molecule has 0 bridgehead atoms. The molecule has 22 heavy (non-hydrogen) atoms. The van der Waals surface area contributed by atoms with Gasteiger partial charge in [-0.25, -0.2) is 0 Å². The van der Waals surface area contributed by atoms with Crippen LogP contribution in [0.4, 0.5) is 0 Å². The summed E-state index contributed by atoms with van der Waals surface area (Å²) in [5.41, 5.74) is 3.51. The van der Waals surface area contributed by atoms with Gasteiger partial charge in [-0.05, 0) is 41.7 Å². The van der Waals surface area contributed by atoms with Crippen LogP contribution in [0.1, 0.15) is 54.9 Å². The van der Waals surface area contributed by atoms with Crippen molar-refractivity contribution in [2.75, 3.05) is 0 Å². The van der Waals surface area contributed by atoms with Crippen molar-refractivity contribution in [2.24, 2.45) is 0 Å². The highest BCUT2D eigenvalue weighted by molar-refractivity contribution is 6.30. The molecule has 0 spiro atoms. The lowest BCUT2D eigenvalue weighted by Crippen LogP contribution is -2.09. The van der Waals surface area contributed by atoms with E-state index < -0.39 is 0 Å². The minimum Gasteiger partial charge on any atom is -0.457 e. The van der Waals surface area contributed by atoms with E-state index in [0.717, 1.165) is 18.4 Å². The molecule has 0 aromatic heterocycles. The van der Waals surface area contributed by atoms with Crippen molar-refractivity contribution in [2.45, 2.75) is 38.2 Å². The highest BCUT2D eigenvalue weighted by Crippen LogP contribution is 2.46. The first-order chi connectivity index (χ1) is 10.7. The number of benzene rings is 2. The summed E-state index contributed by atoms with van der Waals surface area (Å²) in [5.74, 6) is 0.125. The average molecular weight is 315 g/mol. The number of carbonyl (C=O) groups is 1. The van der Waals surface area contributed by atoms with E-state index in [-0.39, 0.29) is 18.0 Å². The number of carbonyl (C=O) groups excluding carboxylic acids is 1. The molecule has 0 heterocycles. The van der Waals surface area contributed by atoms with Crippen molar-refractivity contribution in [3.63, 3.8) is 0 Å². The Morgan fingerprint density at radius 1 is 1.18 bits per heavy atom. The van der Waals surface area contributed by atoms with Gasteiger partial charge in [0, 0.05) is 17.4 Å². The molecule has 1 aliphatic carbocycles. The number of esters is 1. The Labute approximate surface area is 136 Å². The van der Waals surface area contributed by atoms with Crippen LogP contribution >= 0.6 is 11.6 Å². The largest absolute Gasteiger partial charge is 0.457 e. The van der Waals surface area contributed by atoms with Crippen LogP contribution in [0.2, 0.25) is 5.02 Å². The second-order valence-electron chi connectivity index (χ2n) is 5.70. The summed E-state index contributed by atoms with van der Waals surface area (Å²) < 4.78 is 5.69. The van der Waals surface area contributed by atoms with Crippen LogP contribution in [-0.2, 0) is 9.53 Å². The summed E-state index contributed by atoms with van der Waals surface area (Å²) in [6.45, 7) is 1.98. The van der Waals surface area contributed by atoms with E-state index in [9.17, 15) is 4.79 Å². The molecule has 2 nitrogen and oxygen atoms in total. The SMILES string of the molecule is CCCC(=O)O[C@@H]1C[C@H](c2ccccc2)c2ccc(Cl)cc21. The topological polar surface area (TPSA) is 26.3 Å². The first-order valence-electron chi connectivity index (χ1n) is 7.72. The summed E-state index contributed by atoms with van der Waals surface area (Å²) >= 11 is 6.14. The number of ether oxygens (including phenoxy) is 1. The van der Waals surface area contributed by atoms with Crippen molar-refractivity contribution >= 4 is 17.6 Å². The Bertz CT molecular complexity index is 666. The molecule has 2 aromatic carbocycles. The third-order valence-corrected chi connectivity index (χ3v) is 4.39. The molecule has 2 atom stereocenters. The smallest absolute Gasteiger partial charge is 0.306 e. The first-order valence-corrected chi connectivity index (χ1v) is 8.10. The third-order valence-electron chi connectivity index (χ3n) is 4.15. The molecular weight excluding hydrogens is 296 g/mol. The Morgan fingerprint density at radius 2 is 1.95 bits per heavy atom. The molecule has 0 unspecified atom stereocenters. The molecule has 0 aliphatic heterocycles.